The minimum atomic E-state index is -0.390. The standard InChI is InChI=1S/C24H27N5O2/c1-2-28-9-10-29(21(24(28)31)11-16-5-3-6-16)23(30)18-8-4-7-17(12-18)20-13-19(14-25)22(26)27-15-20/h4,7-8,12-13,15-16,21H,2-3,5-6,9-11H2,1H3,(H2,26,27). The molecular weight excluding hydrogens is 390 g/mol. The third kappa shape index (κ3) is 4.11. The zero-order chi connectivity index (χ0) is 22.0. The molecule has 0 bridgehead atoms. The van der Waals surface area contributed by atoms with E-state index in [1.807, 2.05) is 30.0 Å². The van der Waals surface area contributed by atoms with E-state index >= 15 is 0 Å². The zero-order valence-electron chi connectivity index (χ0n) is 17.8. The molecule has 2 aliphatic rings. The van der Waals surface area contributed by atoms with Crippen molar-refractivity contribution in [1.82, 2.24) is 14.8 Å². The molecule has 31 heavy (non-hydrogen) atoms. The number of amides is 2. The summed E-state index contributed by atoms with van der Waals surface area (Å²) < 4.78 is 0. The molecule has 1 aliphatic heterocycles. The number of carbonyl (C=O) groups excluding carboxylic acids is 2. The Morgan fingerprint density at radius 3 is 2.74 bits per heavy atom. The summed E-state index contributed by atoms with van der Waals surface area (Å²) in [6.07, 6.45) is 5.83. The van der Waals surface area contributed by atoms with E-state index in [9.17, 15) is 14.9 Å². The number of likely N-dealkylation sites (N-methyl/N-ethyl adjacent to an activating group) is 1. The highest BCUT2D eigenvalue weighted by Crippen LogP contribution is 2.33. The molecule has 2 fully saturated rings. The molecule has 2 amide bonds. The number of hydrogen-bond acceptors (Lipinski definition) is 5. The second kappa shape index (κ2) is 8.76. The zero-order valence-corrected chi connectivity index (χ0v) is 17.8. The van der Waals surface area contributed by atoms with Crippen LogP contribution >= 0.6 is 0 Å². The van der Waals surface area contributed by atoms with Gasteiger partial charge in [0, 0.05) is 37.0 Å². The van der Waals surface area contributed by atoms with Gasteiger partial charge in [-0.2, -0.15) is 5.26 Å². The highest BCUT2D eigenvalue weighted by atomic mass is 16.2. The summed E-state index contributed by atoms with van der Waals surface area (Å²) in [5.74, 6) is 0.646. The number of rotatable bonds is 5. The molecule has 160 valence electrons. The van der Waals surface area contributed by atoms with Crippen LogP contribution in [0.15, 0.2) is 36.5 Å². The van der Waals surface area contributed by atoms with Gasteiger partial charge in [0.2, 0.25) is 5.91 Å². The molecule has 1 aliphatic carbocycles. The van der Waals surface area contributed by atoms with Crippen molar-refractivity contribution < 1.29 is 9.59 Å². The number of pyridine rings is 1. The van der Waals surface area contributed by atoms with Crippen molar-refractivity contribution in [1.29, 1.82) is 5.26 Å². The number of piperazine rings is 1. The van der Waals surface area contributed by atoms with Crippen LogP contribution in [-0.4, -0.2) is 52.3 Å². The van der Waals surface area contributed by atoms with Crippen molar-refractivity contribution in [2.24, 2.45) is 5.92 Å². The van der Waals surface area contributed by atoms with Crippen LogP contribution < -0.4 is 5.73 Å². The first-order valence-corrected chi connectivity index (χ1v) is 10.9. The van der Waals surface area contributed by atoms with E-state index in [4.69, 9.17) is 5.73 Å². The van der Waals surface area contributed by atoms with Crippen molar-refractivity contribution >= 4 is 17.6 Å². The van der Waals surface area contributed by atoms with Crippen LogP contribution in [0.3, 0.4) is 0 Å². The summed E-state index contributed by atoms with van der Waals surface area (Å²) in [6.45, 7) is 3.76. The Hall–Kier alpha value is -3.40. The van der Waals surface area contributed by atoms with E-state index in [2.05, 4.69) is 4.98 Å². The van der Waals surface area contributed by atoms with Crippen molar-refractivity contribution in [2.45, 2.75) is 38.6 Å². The molecular formula is C24H27N5O2. The second-order valence-electron chi connectivity index (χ2n) is 8.31. The van der Waals surface area contributed by atoms with Gasteiger partial charge in [-0.25, -0.2) is 4.98 Å². The van der Waals surface area contributed by atoms with Gasteiger partial charge < -0.3 is 15.5 Å². The van der Waals surface area contributed by atoms with E-state index < -0.39 is 6.04 Å². The molecule has 7 heteroatoms. The summed E-state index contributed by atoms with van der Waals surface area (Å²) in [6, 6.07) is 10.6. The molecule has 1 saturated heterocycles. The minimum Gasteiger partial charge on any atom is -0.383 e. The van der Waals surface area contributed by atoms with Crippen LogP contribution in [0.1, 0.15) is 48.5 Å². The number of nitrogens with zero attached hydrogens (tertiary/aromatic N) is 4. The number of nitrogen functional groups attached to an aromatic ring is 1. The molecule has 1 saturated carbocycles. The second-order valence-corrected chi connectivity index (χ2v) is 8.31. The van der Waals surface area contributed by atoms with Crippen LogP contribution in [0.5, 0.6) is 0 Å². The van der Waals surface area contributed by atoms with Gasteiger partial charge in [0.1, 0.15) is 17.9 Å². The van der Waals surface area contributed by atoms with Crippen molar-refractivity contribution in [3.05, 3.63) is 47.7 Å². The molecule has 1 aromatic carbocycles. The first-order valence-electron chi connectivity index (χ1n) is 10.9. The van der Waals surface area contributed by atoms with E-state index in [0.29, 0.717) is 36.7 Å². The predicted octanol–water partition coefficient (Wildman–Crippen LogP) is 3.07. The summed E-state index contributed by atoms with van der Waals surface area (Å²) in [5, 5.41) is 9.23. The molecule has 1 aromatic heterocycles. The number of nitrogens with two attached hydrogens (primary N) is 1. The van der Waals surface area contributed by atoms with Gasteiger partial charge in [-0.05, 0) is 43.0 Å². The van der Waals surface area contributed by atoms with Crippen molar-refractivity contribution in [2.75, 3.05) is 25.4 Å². The molecule has 2 aromatic rings. The molecule has 7 nitrogen and oxygen atoms in total. The quantitative estimate of drug-likeness (QED) is 0.805. The Morgan fingerprint density at radius 2 is 2.06 bits per heavy atom. The first kappa shape index (κ1) is 20.9. The Balaban J connectivity index is 1.61. The lowest BCUT2D eigenvalue weighted by atomic mass is 9.80. The maximum absolute atomic E-state index is 13.5. The average molecular weight is 418 g/mol. The van der Waals surface area contributed by atoms with Crippen LogP contribution in [0.4, 0.5) is 5.82 Å². The van der Waals surface area contributed by atoms with Gasteiger partial charge in [-0.15, -0.1) is 0 Å². The number of aromatic nitrogens is 1. The van der Waals surface area contributed by atoms with Crippen LogP contribution in [0, 0.1) is 17.2 Å². The highest BCUT2D eigenvalue weighted by Gasteiger charge is 2.39. The molecule has 1 unspecified atom stereocenters. The third-order valence-corrected chi connectivity index (χ3v) is 6.49. The molecule has 2 N–H and O–H groups in total. The summed E-state index contributed by atoms with van der Waals surface area (Å²) in [7, 11) is 0. The Morgan fingerprint density at radius 1 is 1.26 bits per heavy atom. The maximum atomic E-state index is 13.5. The number of benzene rings is 1. The monoisotopic (exact) mass is 417 g/mol. The Labute approximate surface area is 182 Å². The minimum absolute atomic E-state index is 0.0616. The normalized spacial score (nSPS) is 19.1. The van der Waals surface area contributed by atoms with Gasteiger partial charge in [0.15, 0.2) is 0 Å². The number of nitriles is 1. The lowest BCUT2D eigenvalue weighted by Crippen LogP contribution is -2.59. The number of hydrogen-bond donors (Lipinski definition) is 1. The number of anilines is 1. The van der Waals surface area contributed by atoms with E-state index in [1.54, 1.807) is 29.3 Å². The smallest absolute Gasteiger partial charge is 0.254 e. The molecule has 2 heterocycles. The largest absolute Gasteiger partial charge is 0.383 e. The maximum Gasteiger partial charge on any atom is 0.254 e. The summed E-state index contributed by atoms with van der Waals surface area (Å²) in [4.78, 5) is 34.2. The van der Waals surface area contributed by atoms with E-state index in [0.717, 1.165) is 30.4 Å². The van der Waals surface area contributed by atoms with Gasteiger partial charge in [-0.3, -0.25) is 9.59 Å². The molecule has 0 spiro atoms. The molecule has 4 rings (SSSR count). The van der Waals surface area contributed by atoms with Crippen LogP contribution in [0.25, 0.3) is 11.1 Å². The van der Waals surface area contributed by atoms with Crippen molar-refractivity contribution in [3.8, 4) is 17.2 Å². The number of carbonyl (C=O) groups is 2. The van der Waals surface area contributed by atoms with Gasteiger partial charge in [0.05, 0.1) is 5.56 Å². The lowest BCUT2D eigenvalue weighted by molar-refractivity contribution is -0.141. The van der Waals surface area contributed by atoms with Gasteiger partial charge in [-0.1, -0.05) is 31.4 Å². The van der Waals surface area contributed by atoms with Crippen LogP contribution in [-0.2, 0) is 4.79 Å². The Kier molecular flexibility index (Phi) is 5.90. The fraction of sp³-hybridized carbons (Fsp3) is 0.417. The topological polar surface area (TPSA) is 103 Å². The SMILES string of the molecule is CCN1CCN(C(=O)c2cccc(-c3cnc(N)c(C#N)c3)c2)C(CC2CCC2)C1=O. The fourth-order valence-corrected chi connectivity index (χ4v) is 4.39. The van der Waals surface area contributed by atoms with E-state index in [-0.39, 0.29) is 17.6 Å². The van der Waals surface area contributed by atoms with E-state index in [1.165, 1.54) is 6.42 Å². The molecule has 1 atom stereocenters. The van der Waals surface area contributed by atoms with Crippen LogP contribution in [0.2, 0.25) is 0 Å². The lowest BCUT2D eigenvalue weighted by Gasteiger charge is -2.42. The van der Waals surface area contributed by atoms with Gasteiger partial charge in [0.25, 0.3) is 5.91 Å². The summed E-state index contributed by atoms with van der Waals surface area (Å²) >= 11 is 0. The highest BCUT2D eigenvalue weighted by molar-refractivity contribution is 5.99. The average Bonchev–Trinajstić information content (AvgIpc) is 2.76. The first-order chi connectivity index (χ1) is 15.0. The Bertz CT molecular complexity index is 1040. The third-order valence-electron chi connectivity index (χ3n) is 6.49. The summed E-state index contributed by atoms with van der Waals surface area (Å²) in [5.41, 5.74) is 8.07. The predicted molar refractivity (Wildman–Crippen MR) is 118 cm³/mol. The van der Waals surface area contributed by atoms with Gasteiger partial charge >= 0.3 is 0 Å². The molecule has 0 radical (unpaired) electrons. The van der Waals surface area contributed by atoms with Crippen molar-refractivity contribution in [3.63, 3.8) is 0 Å². The fourth-order valence-electron chi connectivity index (χ4n) is 4.39.